The molecule has 0 aromatic heterocycles. The zero-order valence-corrected chi connectivity index (χ0v) is 8.66. The molecule has 0 spiro atoms. The molecule has 0 saturated carbocycles. The third-order valence-corrected chi connectivity index (χ3v) is 1.13. The minimum Gasteiger partial charge on any atom is -0.207 e. The zero-order valence-electron chi connectivity index (χ0n) is 5.70. The molecule has 0 N–H and O–H groups in total. The van der Waals surface area contributed by atoms with Crippen LogP contribution in [0.25, 0.3) is 0 Å². The third-order valence-electron chi connectivity index (χ3n) is 1.13. The van der Waals surface area contributed by atoms with Crippen LogP contribution in [0, 0.1) is 18.6 Å². The number of rotatable bonds is 0. The van der Waals surface area contributed by atoms with Gasteiger partial charge in [0.05, 0.1) is 0 Å². The minimum absolute atomic E-state index is 0. The van der Waals surface area contributed by atoms with Crippen LogP contribution < -0.4 is 0 Å². The first-order chi connectivity index (χ1) is 4.20. The Balaban J connectivity index is 0.000000810. The Bertz CT molecular complexity index is 223. The summed E-state index contributed by atoms with van der Waals surface area (Å²) in [5.74, 6) is -1.02. The SMILES string of the molecule is Cc1ccc(F)cc1F.[Zn]. The first-order valence-electron chi connectivity index (χ1n) is 2.62. The zero-order chi connectivity index (χ0) is 6.85. The number of hydrogen-bond acceptors (Lipinski definition) is 0. The molecule has 0 saturated heterocycles. The number of aryl methyl sites for hydroxylation is 1. The second kappa shape index (κ2) is 3.77. The first kappa shape index (κ1) is 9.70. The van der Waals surface area contributed by atoms with Gasteiger partial charge in [0.1, 0.15) is 11.6 Å². The summed E-state index contributed by atoms with van der Waals surface area (Å²) in [6.45, 7) is 1.59. The summed E-state index contributed by atoms with van der Waals surface area (Å²) in [7, 11) is 0. The second-order valence-corrected chi connectivity index (χ2v) is 1.89. The molecule has 10 heavy (non-hydrogen) atoms. The quantitative estimate of drug-likeness (QED) is 0.555. The predicted octanol–water partition coefficient (Wildman–Crippen LogP) is 2.27. The van der Waals surface area contributed by atoms with E-state index in [4.69, 9.17) is 0 Å². The van der Waals surface area contributed by atoms with E-state index < -0.39 is 11.6 Å². The van der Waals surface area contributed by atoms with Crippen molar-refractivity contribution in [3.8, 4) is 0 Å². The van der Waals surface area contributed by atoms with Crippen LogP contribution in [0.5, 0.6) is 0 Å². The van der Waals surface area contributed by atoms with Gasteiger partial charge >= 0.3 is 0 Å². The molecular weight excluding hydrogens is 187 g/mol. The van der Waals surface area contributed by atoms with Gasteiger partial charge in [0, 0.05) is 25.5 Å². The molecule has 1 aromatic rings. The van der Waals surface area contributed by atoms with Crippen molar-refractivity contribution in [1.82, 2.24) is 0 Å². The van der Waals surface area contributed by atoms with Gasteiger partial charge in [-0.1, -0.05) is 6.07 Å². The van der Waals surface area contributed by atoms with E-state index in [-0.39, 0.29) is 19.5 Å². The smallest absolute Gasteiger partial charge is 0.129 e. The average molecular weight is 194 g/mol. The normalized spacial score (nSPS) is 8.70. The van der Waals surface area contributed by atoms with E-state index in [2.05, 4.69) is 0 Å². The van der Waals surface area contributed by atoms with Crippen LogP contribution in [0.3, 0.4) is 0 Å². The molecule has 0 aliphatic rings. The van der Waals surface area contributed by atoms with Gasteiger partial charge in [-0.15, -0.1) is 0 Å². The first-order valence-corrected chi connectivity index (χ1v) is 2.62. The monoisotopic (exact) mass is 192 g/mol. The fourth-order valence-corrected chi connectivity index (χ4v) is 0.567. The van der Waals surface area contributed by atoms with E-state index in [0.717, 1.165) is 6.07 Å². The Morgan fingerprint density at radius 1 is 1.20 bits per heavy atom. The van der Waals surface area contributed by atoms with Crippen molar-refractivity contribution < 1.29 is 28.3 Å². The second-order valence-electron chi connectivity index (χ2n) is 1.89. The summed E-state index contributed by atoms with van der Waals surface area (Å²) >= 11 is 0. The van der Waals surface area contributed by atoms with Crippen molar-refractivity contribution in [3.05, 3.63) is 35.4 Å². The Kier molecular flexibility index (Phi) is 3.66. The molecule has 1 aromatic carbocycles. The van der Waals surface area contributed by atoms with Crippen LogP contribution in [0.1, 0.15) is 5.56 Å². The largest absolute Gasteiger partial charge is 0.207 e. The van der Waals surface area contributed by atoms with Gasteiger partial charge in [-0.05, 0) is 18.6 Å². The molecule has 0 radical (unpaired) electrons. The minimum atomic E-state index is -0.530. The van der Waals surface area contributed by atoms with Gasteiger partial charge in [0.2, 0.25) is 0 Å². The summed E-state index contributed by atoms with van der Waals surface area (Å²) in [4.78, 5) is 0. The van der Waals surface area contributed by atoms with Crippen LogP contribution in [0.2, 0.25) is 0 Å². The molecule has 0 nitrogen and oxygen atoms in total. The molecular formula is C7H6F2Zn. The van der Waals surface area contributed by atoms with Crippen molar-refractivity contribution in [2.75, 3.05) is 0 Å². The maximum absolute atomic E-state index is 12.3. The molecule has 0 heterocycles. The molecule has 50 valence electrons. The van der Waals surface area contributed by atoms with Gasteiger partial charge in [-0.3, -0.25) is 0 Å². The summed E-state index contributed by atoms with van der Waals surface area (Å²) in [6.07, 6.45) is 0. The van der Waals surface area contributed by atoms with Gasteiger partial charge in [-0.25, -0.2) is 8.78 Å². The van der Waals surface area contributed by atoms with E-state index in [9.17, 15) is 8.78 Å². The van der Waals surface area contributed by atoms with Crippen molar-refractivity contribution in [3.63, 3.8) is 0 Å². The van der Waals surface area contributed by atoms with E-state index in [1.54, 1.807) is 6.92 Å². The Labute approximate surface area is 71.0 Å². The molecule has 0 bridgehead atoms. The Morgan fingerprint density at radius 3 is 2.20 bits per heavy atom. The molecule has 0 unspecified atom stereocenters. The van der Waals surface area contributed by atoms with Gasteiger partial charge in [0.25, 0.3) is 0 Å². The van der Waals surface area contributed by atoms with Crippen LogP contribution in [0.4, 0.5) is 8.78 Å². The fourth-order valence-electron chi connectivity index (χ4n) is 0.567. The van der Waals surface area contributed by atoms with E-state index in [1.165, 1.54) is 12.1 Å². The van der Waals surface area contributed by atoms with Crippen LogP contribution >= 0.6 is 0 Å². The average Bonchev–Trinajstić information content (AvgIpc) is 1.80. The molecule has 0 aliphatic heterocycles. The van der Waals surface area contributed by atoms with Crippen molar-refractivity contribution in [2.45, 2.75) is 6.92 Å². The number of hydrogen-bond donors (Lipinski definition) is 0. The summed E-state index contributed by atoms with van der Waals surface area (Å²) in [5, 5.41) is 0. The molecule has 0 atom stereocenters. The maximum Gasteiger partial charge on any atom is 0.129 e. The van der Waals surface area contributed by atoms with Crippen LogP contribution in [-0.4, -0.2) is 0 Å². The third kappa shape index (κ3) is 2.15. The number of halogens is 2. The molecule has 3 heteroatoms. The fraction of sp³-hybridized carbons (Fsp3) is 0.143. The standard InChI is InChI=1S/C7H6F2.Zn/c1-5-2-3-6(8)4-7(5)9;/h2-4H,1H3;. The van der Waals surface area contributed by atoms with Crippen molar-refractivity contribution in [1.29, 1.82) is 0 Å². The van der Waals surface area contributed by atoms with E-state index in [1.807, 2.05) is 0 Å². The Morgan fingerprint density at radius 2 is 1.80 bits per heavy atom. The summed E-state index contributed by atoms with van der Waals surface area (Å²) < 4.78 is 24.4. The number of benzene rings is 1. The van der Waals surface area contributed by atoms with Gasteiger partial charge in [0.15, 0.2) is 0 Å². The summed E-state index contributed by atoms with van der Waals surface area (Å²) in [5.41, 5.74) is 0.469. The van der Waals surface area contributed by atoms with E-state index in [0.29, 0.717) is 5.56 Å². The summed E-state index contributed by atoms with van der Waals surface area (Å²) in [6, 6.07) is 3.51. The van der Waals surface area contributed by atoms with Gasteiger partial charge < -0.3 is 0 Å². The topological polar surface area (TPSA) is 0 Å². The van der Waals surface area contributed by atoms with E-state index >= 15 is 0 Å². The predicted molar refractivity (Wildman–Crippen MR) is 31.1 cm³/mol. The maximum atomic E-state index is 12.3. The van der Waals surface area contributed by atoms with Gasteiger partial charge in [-0.2, -0.15) is 0 Å². The molecule has 0 aliphatic carbocycles. The molecule has 0 amide bonds. The van der Waals surface area contributed by atoms with Crippen LogP contribution in [-0.2, 0) is 19.5 Å². The Hall–Kier alpha value is -0.297. The van der Waals surface area contributed by atoms with Crippen molar-refractivity contribution >= 4 is 0 Å². The molecule has 0 fully saturated rings. The van der Waals surface area contributed by atoms with Crippen molar-refractivity contribution in [2.24, 2.45) is 0 Å². The molecule has 1 rings (SSSR count). The van der Waals surface area contributed by atoms with Crippen LogP contribution in [0.15, 0.2) is 18.2 Å².